The Morgan fingerprint density at radius 3 is 2.15 bits per heavy atom. The van der Waals surface area contributed by atoms with E-state index in [9.17, 15) is 5.11 Å². The summed E-state index contributed by atoms with van der Waals surface area (Å²) in [5, 5.41) is 10.1. The molecule has 0 saturated carbocycles. The highest BCUT2D eigenvalue weighted by Gasteiger charge is 2.22. The predicted octanol–water partition coefficient (Wildman–Crippen LogP) is 3.75. The van der Waals surface area contributed by atoms with E-state index in [0.29, 0.717) is 0 Å². The first-order valence-corrected chi connectivity index (χ1v) is 5.76. The lowest BCUT2D eigenvalue weighted by Crippen LogP contribution is -2.27. The summed E-state index contributed by atoms with van der Waals surface area (Å²) in [5.41, 5.74) is -0.371. The molecule has 0 spiro atoms. The van der Waals surface area contributed by atoms with E-state index >= 15 is 0 Å². The van der Waals surface area contributed by atoms with Crippen LogP contribution in [0.25, 0.3) is 0 Å². The van der Waals surface area contributed by atoms with Crippen molar-refractivity contribution in [2.24, 2.45) is 5.92 Å². The minimum Gasteiger partial charge on any atom is -0.390 e. The summed E-state index contributed by atoms with van der Waals surface area (Å²) in [6.45, 7) is 8.71. The molecule has 1 unspecified atom stereocenters. The van der Waals surface area contributed by atoms with Crippen LogP contribution in [0.5, 0.6) is 0 Å². The molecule has 0 rings (SSSR count). The van der Waals surface area contributed by atoms with Crippen molar-refractivity contribution < 1.29 is 5.11 Å². The molecule has 0 saturated heterocycles. The Labute approximate surface area is 83.5 Å². The molecule has 1 N–H and O–H groups in total. The third-order valence-corrected chi connectivity index (χ3v) is 2.80. The summed E-state index contributed by atoms with van der Waals surface area (Å²) in [7, 11) is 0. The summed E-state index contributed by atoms with van der Waals surface area (Å²) in [4.78, 5) is 0. The number of hydrogen-bond donors (Lipinski definition) is 1. The molecule has 0 fully saturated rings. The van der Waals surface area contributed by atoms with Crippen LogP contribution in [0.4, 0.5) is 0 Å². The Hall–Kier alpha value is -0.0400. The van der Waals surface area contributed by atoms with E-state index in [2.05, 4.69) is 27.7 Å². The standard InChI is InChI=1S/C12H26O/c1-5-9-12(13,6-2)10-7-8-11(3)4/h11,13H,5-10H2,1-4H3. The molecule has 0 aliphatic heterocycles. The molecule has 0 aromatic rings. The lowest BCUT2D eigenvalue weighted by Gasteiger charge is -2.26. The van der Waals surface area contributed by atoms with Crippen LogP contribution < -0.4 is 0 Å². The van der Waals surface area contributed by atoms with Gasteiger partial charge in [0, 0.05) is 0 Å². The monoisotopic (exact) mass is 186 g/mol. The lowest BCUT2D eigenvalue weighted by molar-refractivity contribution is 0.0152. The fourth-order valence-corrected chi connectivity index (χ4v) is 1.78. The second kappa shape index (κ2) is 6.42. The Morgan fingerprint density at radius 1 is 1.15 bits per heavy atom. The van der Waals surface area contributed by atoms with Gasteiger partial charge in [0.15, 0.2) is 0 Å². The van der Waals surface area contributed by atoms with Crippen molar-refractivity contribution in [1.29, 1.82) is 0 Å². The molecule has 0 amide bonds. The van der Waals surface area contributed by atoms with Gasteiger partial charge in [-0.2, -0.15) is 0 Å². The van der Waals surface area contributed by atoms with Gasteiger partial charge in [-0.15, -0.1) is 0 Å². The molecule has 1 nitrogen and oxygen atoms in total. The van der Waals surface area contributed by atoms with Gasteiger partial charge in [0.1, 0.15) is 0 Å². The zero-order valence-corrected chi connectivity index (χ0v) is 9.77. The summed E-state index contributed by atoms with van der Waals surface area (Å²) >= 11 is 0. The Kier molecular flexibility index (Phi) is 6.40. The quantitative estimate of drug-likeness (QED) is 0.642. The molecule has 1 heteroatoms. The summed E-state index contributed by atoms with van der Waals surface area (Å²) in [6, 6.07) is 0. The second-order valence-electron chi connectivity index (χ2n) is 4.61. The van der Waals surface area contributed by atoms with Gasteiger partial charge in [-0.05, 0) is 25.2 Å². The van der Waals surface area contributed by atoms with Crippen molar-refractivity contribution in [1.82, 2.24) is 0 Å². The second-order valence-corrected chi connectivity index (χ2v) is 4.61. The van der Waals surface area contributed by atoms with Crippen molar-refractivity contribution in [3.8, 4) is 0 Å². The molecule has 0 bridgehead atoms. The van der Waals surface area contributed by atoms with Crippen LogP contribution in [-0.2, 0) is 0 Å². The highest BCUT2D eigenvalue weighted by atomic mass is 16.3. The van der Waals surface area contributed by atoms with E-state index in [1.165, 1.54) is 12.8 Å². The van der Waals surface area contributed by atoms with Crippen LogP contribution in [0.2, 0.25) is 0 Å². The Balaban J connectivity index is 3.69. The van der Waals surface area contributed by atoms with Gasteiger partial charge in [-0.3, -0.25) is 0 Å². The van der Waals surface area contributed by atoms with Crippen molar-refractivity contribution in [2.45, 2.75) is 71.8 Å². The maximum absolute atomic E-state index is 10.1. The molecule has 0 aliphatic carbocycles. The minimum absolute atomic E-state index is 0.371. The normalized spacial score (nSPS) is 16.2. The van der Waals surface area contributed by atoms with Crippen LogP contribution in [-0.4, -0.2) is 10.7 Å². The van der Waals surface area contributed by atoms with Crippen molar-refractivity contribution >= 4 is 0 Å². The zero-order valence-electron chi connectivity index (χ0n) is 9.77. The maximum Gasteiger partial charge on any atom is 0.0645 e. The SMILES string of the molecule is CCCC(O)(CC)CCCC(C)C. The molecule has 0 heterocycles. The summed E-state index contributed by atoms with van der Waals surface area (Å²) in [6.07, 6.45) is 6.34. The average molecular weight is 186 g/mol. The van der Waals surface area contributed by atoms with Gasteiger partial charge in [0.05, 0.1) is 5.60 Å². The van der Waals surface area contributed by atoms with Crippen molar-refractivity contribution in [3.63, 3.8) is 0 Å². The first kappa shape index (κ1) is 13.0. The first-order valence-electron chi connectivity index (χ1n) is 5.76. The van der Waals surface area contributed by atoms with E-state index in [-0.39, 0.29) is 5.60 Å². The number of rotatable bonds is 7. The molecule has 13 heavy (non-hydrogen) atoms. The van der Waals surface area contributed by atoms with E-state index in [0.717, 1.165) is 31.6 Å². The molecular formula is C12H26O. The highest BCUT2D eigenvalue weighted by molar-refractivity contribution is 4.75. The van der Waals surface area contributed by atoms with E-state index in [1.54, 1.807) is 0 Å². The highest BCUT2D eigenvalue weighted by Crippen LogP contribution is 2.24. The molecule has 0 aliphatic rings. The Morgan fingerprint density at radius 2 is 1.77 bits per heavy atom. The average Bonchev–Trinajstić information content (AvgIpc) is 2.04. The van der Waals surface area contributed by atoms with Crippen molar-refractivity contribution in [2.75, 3.05) is 0 Å². The van der Waals surface area contributed by atoms with Crippen molar-refractivity contribution in [3.05, 3.63) is 0 Å². The third-order valence-electron chi connectivity index (χ3n) is 2.80. The Bertz CT molecular complexity index is 120. The number of hydrogen-bond acceptors (Lipinski definition) is 1. The predicted molar refractivity (Wildman–Crippen MR) is 58.8 cm³/mol. The maximum atomic E-state index is 10.1. The van der Waals surface area contributed by atoms with E-state index < -0.39 is 0 Å². The summed E-state index contributed by atoms with van der Waals surface area (Å²) in [5.74, 6) is 0.766. The van der Waals surface area contributed by atoms with Gasteiger partial charge in [0.2, 0.25) is 0 Å². The first-order chi connectivity index (χ1) is 6.04. The van der Waals surface area contributed by atoms with Crippen LogP contribution >= 0.6 is 0 Å². The molecule has 0 radical (unpaired) electrons. The van der Waals surface area contributed by atoms with E-state index in [1.807, 2.05) is 0 Å². The van der Waals surface area contributed by atoms with Gasteiger partial charge in [0.25, 0.3) is 0 Å². The lowest BCUT2D eigenvalue weighted by atomic mass is 9.88. The molecule has 0 aromatic carbocycles. The van der Waals surface area contributed by atoms with Crippen LogP contribution in [0.1, 0.15) is 66.2 Å². The van der Waals surface area contributed by atoms with Gasteiger partial charge >= 0.3 is 0 Å². The minimum atomic E-state index is -0.371. The van der Waals surface area contributed by atoms with Crippen LogP contribution in [0.3, 0.4) is 0 Å². The largest absolute Gasteiger partial charge is 0.390 e. The number of aliphatic hydroxyl groups is 1. The molecular weight excluding hydrogens is 160 g/mol. The van der Waals surface area contributed by atoms with Gasteiger partial charge in [-0.1, -0.05) is 47.0 Å². The smallest absolute Gasteiger partial charge is 0.0645 e. The molecule has 1 atom stereocenters. The fourth-order valence-electron chi connectivity index (χ4n) is 1.78. The van der Waals surface area contributed by atoms with E-state index in [4.69, 9.17) is 0 Å². The fraction of sp³-hybridized carbons (Fsp3) is 1.00. The van der Waals surface area contributed by atoms with Crippen LogP contribution in [0.15, 0.2) is 0 Å². The molecule has 0 aromatic heterocycles. The molecule has 80 valence electrons. The topological polar surface area (TPSA) is 20.2 Å². The van der Waals surface area contributed by atoms with Gasteiger partial charge < -0.3 is 5.11 Å². The zero-order chi connectivity index (χ0) is 10.3. The van der Waals surface area contributed by atoms with Crippen LogP contribution in [0, 0.1) is 5.92 Å². The summed E-state index contributed by atoms with van der Waals surface area (Å²) < 4.78 is 0. The third kappa shape index (κ3) is 6.09. The van der Waals surface area contributed by atoms with Gasteiger partial charge in [-0.25, -0.2) is 0 Å².